The summed E-state index contributed by atoms with van der Waals surface area (Å²) in [6.45, 7) is 0. The van der Waals surface area contributed by atoms with Crippen LogP contribution in [0.15, 0.2) is 142 Å². The molecule has 46 heavy (non-hydrogen) atoms. The van der Waals surface area contributed by atoms with Crippen molar-refractivity contribution >= 4 is 87.6 Å². The van der Waals surface area contributed by atoms with Crippen molar-refractivity contribution in [1.29, 1.82) is 0 Å². The van der Waals surface area contributed by atoms with E-state index >= 15 is 0 Å². The van der Waals surface area contributed by atoms with Crippen LogP contribution in [0.2, 0.25) is 10.0 Å². The molecule has 1 aliphatic heterocycles. The molecule has 0 saturated carbocycles. The highest BCUT2D eigenvalue weighted by Gasteiger charge is 2.27. The van der Waals surface area contributed by atoms with E-state index in [0.717, 1.165) is 26.1 Å². The van der Waals surface area contributed by atoms with Crippen molar-refractivity contribution in [3.05, 3.63) is 148 Å². The predicted molar refractivity (Wildman–Crippen MR) is 188 cm³/mol. The first-order chi connectivity index (χ1) is 22.4. The fourth-order valence-corrected chi connectivity index (χ4v) is 7.06. The molecular weight excluding hydrogens is 657 g/mol. The number of rotatable bonds is 8. The molecule has 3 amide bonds. The molecule has 1 aliphatic rings. The molecule has 1 heterocycles. The smallest absolute Gasteiger partial charge is 0.272 e. The average molecular weight is 683 g/mol. The zero-order valence-corrected chi connectivity index (χ0v) is 27.2. The first-order valence-electron chi connectivity index (χ1n) is 14.1. The van der Waals surface area contributed by atoms with Gasteiger partial charge >= 0.3 is 0 Å². The third-order valence-corrected chi connectivity index (χ3v) is 9.76. The summed E-state index contributed by atoms with van der Waals surface area (Å²) in [4.78, 5) is 44.7. The van der Waals surface area contributed by atoms with Gasteiger partial charge in [0.1, 0.15) is 5.70 Å². The second-order valence-electron chi connectivity index (χ2n) is 10.0. The molecule has 6 rings (SSSR count). The lowest BCUT2D eigenvalue weighted by Gasteiger charge is -2.31. The largest absolute Gasteiger partial charge is 0.321 e. The molecule has 0 aromatic heterocycles. The zero-order valence-electron chi connectivity index (χ0n) is 24.1. The van der Waals surface area contributed by atoms with Gasteiger partial charge in [-0.25, -0.2) is 0 Å². The second kappa shape index (κ2) is 14.3. The van der Waals surface area contributed by atoms with Crippen LogP contribution in [0.1, 0.15) is 15.9 Å². The summed E-state index contributed by atoms with van der Waals surface area (Å²) in [6.07, 6.45) is 1.45. The van der Waals surface area contributed by atoms with Gasteiger partial charge in [0.25, 0.3) is 11.8 Å². The summed E-state index contributed by atoms with van der Waals surface area (Å²) in [5, 5.41) is 6.18. The summed E-state index contributed by atoms with van der Waals surface area (Å²) in [7, 11) is 0. The summed E-state index contributed by atoms with van der Waals surface area (Å²) < 4.78 is 0. The topological polar surface area (TPSA) is 78.5 Å². The number of fused-ring (bicyclic) bond motifs is 2. The minimum Gasteiger partial charge on any atom is -0.321 e. The molecule has 228 valence electrons. The summed E-state index contributed by atoms with van der Waals surface area (Å²) >= 11 is 15.8. The number of thioether (sulfide) groups is 1. The molecule has 10 heteroatoms. The summed E-state index contributed by atoms with van der Waals surface area (Å²) in [5.74, 6) is -0.837. The molecule has 0 bridgehead atoms. The molecule has 0 radical (unpaired) electrons. The van der Waals surface area contributed by atoms with Gasteiger partial charge in [-0.05, 0) is 78.9 Å². The molecule has 0 aliphatic carbocycles. The monoisotopic (exact) mass is 681 g/mol. The molecule has 6 nitrogen and oxygen atoms in total. The van der Waals surface area contributed by atoms with Crippen LogP contribution in [0.5, 0.6) is 0 Å². The standard InChI is InChI=1S/C36H25Cl2N3O3S2/c37-27-11-8-12-28(38)26(27)21-29(40-35(43)23-9-2-1-3-10-23)36(44)39-24-17-19-25(20-18-24)45-22-34(42)41-30-13-4-6-15-32(30)46-33-16-7-5-14-31(33)41/h1-21H,22H2,(H,39,44)(H,40,43)/b29-21-. The number of nitrogens with zero attached hydrogens (tertiary/aromatic N) is 1. The highest BCUT2D eigenvalue weighted by Crippen LogP contribution is 2.48. The Balaban J connectivity index is 1.16. The lowest BCUT2D eigenvalue weighted by molar-refractivity contribution is -0.115. The lowest BCUT2D eigenvalue weighted by Crippen LogP contribution is -2.30. The van der Waals surface area contributed by atoms with Crippen LogP contribution in [0.4, 0.5) is 17.1 Å². The van der Waals surface area contributed by atoms with Gasteiger partial charge in [0, 0.05) is 41.5 Å². The molecule has 0 atom stereocenters. The number of carbonyl (C=O) groups excluding carboxylic acids is 3. The summed E-state index contributed by atoms with van der Waals surface area (Å²) in [5.41, 5.74) is 3.00. The van der Waals surface area contributed by atoms with E-state index in [1.807, 2.05) is 60.7 Å². The molecule has 5 aromatic carbocycles. The molecule has 0 spiro atoms. The van der Waals surface area contributed by atoms with Gasteiger partial charge in [0.2, 0.25) is 5.91 Å². The SMILES string of the molecule is O=C(Nc1ccc(SCC(=O)N2c3ccccc3Sc3ccccc32)cc1)/C(=C/c1c(Cl)cccc1Cl)NC(=O)c1ccccc1. The predicted octanol–water partition coefficient (Wildman–Crippen LogP) is 9.32. The number of hydrogen-bond acceptors (Lipinski definition) is 5. The third kappa shape index (κ3) is 7.16. The van der Waals surface area contributed by atoms with Crippen LogP contribution in [0.25, 0.3) is 6.08 Å². The zero-order chi connectivity index (χ0) is 32.0. The van der Waals surface area contributed by atoms with E-state index in [2.05, 4.69) is 10.6 Å². The Morgan fingerprint density at radius 2 is 1.30 bits per heavy atom. The highest BCUT2D eigenvalue weighted by atomic mass is 35.5. The van der Waals surface area contributed by atoms with Gasteiger partial charge in [-0.3, -0.25) is 19.3 Å². The van der Waals surface area contributed by atoms with Crippen molar-refractivity contribution in [3.63, 3.8) is 0 Å². The first kappa shape index (κ1) is 31.5. The lowest BCUT2D eigenvalue weighted by atomic mass is 10.1. The van der Waals surface area contributed by atoms with E-state index in [0.29, 0.717) is 26.9 Å². The fraction of sp³-hybridized carbons (Fsp3) is 0.0278. The number of nitrogens with one attached hydrogen (secondary N) is 2. The van der Waals surface area contributed by atoms with Crippen molar-refractivity contribution < 1.29 is 14.4 Å². The van der Waals surface area contributed by atoms with Gasteiger partial charge in [-0.1, -0.05) is 83.5 Å². The van der Waals surface area contributed by atoms with Gasteiger partial charge < -0.3 is 10.6 Å². The average Bonchev–Trinajstić information content (AvgIpc) is 3.08. The molecule has 0 unspecified atom stereocenters. The van der Waals surface area contributed by atoms with Crippen LogP contribution in [-0.4, -0.2) is 23.5 Å². The minimum absolute atomic E-state index is 0.0341. The van der Waals surface area contributed by atoms with Gasteiger partial charge in [0.15, 0.2) is 0 Å². The maximum Gasteiger partial charge on any atom is 0.272 e. The molecule has 2 N–H and O–H groups in total. The van der Waals surface area contributed by atoms with E-state index in [1.165, 1.54) is 17.8 Å². The maximum atomic E-state index is 13.6. The van der Waals surface area contributed by atoms with Crippen LogP contribution in [0.3, 0.4) is 0 Å². The van der Waals surface area contributed by atoms with E-state index in [9.17, 15) is 14.4 Å². The van der Waals surface area contributed by atoms with Gasteiger partial charge in [-0.15, -0.1) is 11.8 Å². The number of para-hydroxylation sites is 2. The third-order valence-electron chi connectivity index (χ3n) is 6.97. The Kier molecular flexibility index (Phi) is 9.80. The van der Waals surface area contributed by atoms with Crippen LogP contribution >= 0.6 is 46.7 Å². The second-order valence-corrected chi connectivity index (χ2v) is 13.0. The Hall–Kier alpha value is -4.47. The van der Waals surface area contributed by atoms with Gasteiger partial charge in [0.05, 0.1) is 17.1 Å². The quantitative estimate of drug-likeness (QED) is 0.126. The van der Waals surface area contributed by atoms with Crippen molar-refractivity contribution in [1.82, 2.24) is 5.32 Å². The summed E-state index contributed by atoms with van der Waals surface area (Å²) in [6, 6.07) is 36.5. The molecular formula is C36H25Cl2N3O3S2. The van der Waals surface area contributed by atoms with Crippen LogP contribution < -0.4 is 15.5 Å². The first-order valence-corrected chi connectivity index (χ1v) is 16.7. The number of carbonyl (C=O) groups is 3. The number of anilines is 3. The van der Waals surface area contributed by atoms with E-state index in [4.69, 9.17) is 23.2 Å². The Morgan fingerprint density at radius 1 is 0.717 bits per heavy atom. The number of halogens is 2. The van der Waals surface area contributed by atoms with E-state index in [-0.39, 0.29) is 17.4 Å². The van der Waals surface area contributed by atoms with E-state index < -0.39 is 11.8 Å². The Bertz CT molecular complexity index is 1900. The molecule has 0 fully saturated rings. The Morgan fingerprint density at radius 3 is 1.93 bits per heavy atom. The molecule has 0 saturated heterocycles. The van der Waals surface area contributed by atoms with Crippen molar-refractivity contribution in [2.45, 2.75) is 14.7 Å². The molecule has 5 aromatic rings. The Labute approximate surface area is 284 Å². The van der Waals surface area contributed by atoms with Crippen molar-refractivity contribution in [2.24, 2.45) is 0 Å². The number of hydrogen-bond donors (Lipinski definition) is 2. The highest BCUT2D eigenvalue weighted by molar-refractivity contribution is 8.00. The van der Waals surface area contributed by atoms with Crippen molar-refractivity contribution in [2.75, 3.05) is 16.0 Å². The van der Waals surface area contributed by atoms with Crippen LogP contribution in [0, 0.1) is 0 Å². The minimum atomic E-state index is -0.559. The van der Waals surface area contributed by atoms with Crippen LogP contribution in [-0.2, 0) is 9.59 Å². The van der Waals surface area contributed by atoms with Gasteiger partial charge in [-0.2, -0.15) is 0 Å². The van der Waals surface area contributed by atoms with Crippen molar-refractivity contribution in [3.8, 4) is 0 Å². The maximum absolute atomic E-state index is 13.6. The van der Waals surface area contributed by atoms with E-state index in [1.54, 1.807) is 77.3 Å². The number of benzene rings is 5. The fourth-order valence-electron chi connectivity index (χ4n) is 4.75. The number of amides is 3. The normalized spacial score (nSPS) is 12.1.